The molecule has 3 rings (SSSR count). The molecule has 0 aromatic heterocycles. The van der Waals surface area contributed by atoms with E-state index in [4.69, 9.17) is 0 Å². The lowest BCUT2D eigenvalue weighted by Crippen LogP contribution is -2.06. The van der Waals surface area contributed by atoms with Gasteiger partial charge in [0.1, 0.15) is 0 Å². The van der Waals surface area contributed by atoms with E-state index in [-0.39, 0.29) is 0 Å². The molecule has 1 unspecified atom stereocenters. The summed E-state index contributed by atoms with van der Waals surface area (Å²) in [5.74, 6) is 5.23. The van der Waals surface area contributed by atoms with E-state index in [2.05, 4.69) is 13.8 Å². The lowest BCUT2D eigenvalue weighted by molar-refractivity contribution is 0.498. The molecule has 0 heteroatoms. The maximum atomic E-state index is 2.44. The Morgan fingerprint density at radius 3 is 1.85 bits per heavy atom. The monoisotopic (exact) mass is 177 g/mol. The van der Waals surface area contributed by atoms with Gasteiger partial charge in [-0.2, -0.15) is 0 Å². The van der Waals surface area contributed by atoms with Crippen LogP contribution < -0.4 is 0 Å². The minimum absolute atomic E-state index is 0.703. The van der Waals surface area contributed by atoms with Crippen LogP contribution in [-0.4, -0.2) is 0 Å². The zero-order chi connectivity index (χ0) is 9.05. The van der Waals surface area contributed by atoms with Gasteiger partial charge in [-0.05, 0) is 67.6 Å². The first-order valence-corrected chi connectivity index (χ1v) is 6.02. The first-order valence-electron chi connectivity index (χ1n) is 6.02. The Morgan fingerprint density at radius 2 is 1.54 bits per heavy atom. The first kappa shape index (κ1) is 8.32. The zero-order valence-electron chi connectivity index (χ0n) is 8.97. The highest BCUT2D eigenvalue weighted by atomic mass is 14.6. The summed E-state index contributed by atoms with van der Waals surface area (Å²) in [5, 5.41) is 0. The number of hydrogen-bond donors (Lipinski definition) is 0. The van der Waals surface area contributed by atoms with Crippen LogP contribution in [0.5, 0.6) is 0 Å². The van der Waals surface area contributed by atoms with Gasteiger partial charge in [0, 0.05) is 0 Å². The van der Waals surface area contributed by atoms with Crippen LogP contribution >= 0.6 is 0 Å². The van der Waals surface area contributed by atoms with Crippen molar-refractivity contribution in [3.63, 3.8) is 0 Å². The van der Waals surface area contributed by atoms with Crippen LogP contribution in [0, 0.1) is 29.1 Å². The van der Waals surface area contributed by atoms with Gasteiger partial charge in [-0.25, -0.2) is 0 Å². The average Bonchev–Trinajstić information content (AvgIpc) is 2.89. The topological polar surface area (TPSA) is 0 Å². The second kappa shape index (κ2) is 2.52. The Kier molecular flexibility index (Phi) is 1.61. The third-order valence-corrected chi connectivity index (χ3v) is 4.40. The second-order valence-corrected chi connectivity index (χ2v) is 6.22. The SMILES string of the molecule is CC1(C)CC1C[C](C1CC1)C1CC1. The highest BCUT2D eigenvalue weighted by Gasteiger charge is 2.50. The van der Waals surface area contributed by atoms with Gasteiger partial charge >= 0.3 is 0 Å². The zero-order valence-corrected chi connectivity index (χ0v) is 8.97. The summed E-state index contributed by atoms with van der Waals surface area (Å²) < 4.78 is 0. The summed E-state index contributed by atoms with van der Waals surface area (Å²) in [6.07, 6.45) is 9.11. The predicted molar refractivity (Wildman–Crippen MR) is 55.2 cm³/mol. The van der Waals surface area contributed by atoms with Crippen molar-refractivity contribution in [2.24, 2.45) is 23.2 Å². The molecule has 3 aliphatic carbocycles. The lowest BCUT2D eigenvalue weighted by atomic mass is 9.90. The molecule has 73 valence electrons. The molecule has 0 amide bonds. The van der Waals surface area contributed by atoms with E-state index in [9.17, 15) is 0 Å². The maximum absolute atomic E-state index is 2.44. The van der Waals surface area contributed by atoms with Crippen molar-refractivity contribution in [3.05, 3.63) is 5.92 Å². The van der Waals surface area contributed by atoms with Gasteiger partial charge < -0.3 is 0 Å². The third kappa shape index (κ3) is 1.65. The molecule has 0 aromatic rings. The standard InChI is InChI=1S/C13H21/c1-13(2)8-11(13)7-12(9-3-4-9)10-5-6-10/h9-11H,3-8H2,1-2H3. The molecule has 0 spiro atoms. The minimum Gasteiger partial charge on any atom is -0.0596 e. The summed E-state index contributed by atoms with van der Waals surface area (Å²) in [5.41, 5.74) is 0.703. The van der Waals surface area contributed by atoms with Crippen LogP contribution in [0.25, 0.3) is 0 Å². The maximum Gasteiger partial charge on any atom is -0.0176 e. The Balaban J connectivity index is 1.56. The fraction of sp³-hybridized carbons (Fsp3) is 0.923. The first-order chi connectivity index (χ1) is 6.17. The molecule has 13 heavy (non-hydrogen) atoms. The second-order valence-electron chi connectivity index (χ2n) is 6.22. The molecule has 0 nitrogen and oxygen atoms in total. The smallest absolute Gasteiger partial charge is 0.0176 e. The number of rotatable bonds is 4. The van der Waals surface area contributed by atoms with Crippen molar-refractivity contribution < 1.29 is 0 Å². The molecule has 0 saturated heterocycles. The molecule has 0 aliphatic heterocycles. The van der Waals surface area contributed by atoms with E-state index in [1.54, 1.807) is 0 Å². The molecule has 1 radical (unpaired) electrons. The quantitative estimate of drug-likeness (QED) is 0.612. The Labute approximate surface area is 82.1 Å². The molecule has 1 atom stereocenters. The van der Waals surface area contributed by atoms with Crippen molar-refractivity contribution >= 4 is 0 Å². The Morgan fingerprint density at radius 1 is 1.08 bits per heavy atom. The van der Waals surface area contributed by atoms with E-state index in [1.807, 2.05) is 5.92 Å². The molecule has 3 fully saturated rings. The molecule has 0 N–H and O–H groups in total. The van der Waals surface area contributed by atoms with Crippen molar-refractivity contribution in [3.8, 4) is 0 Å². The van der Waals surface area contributed by atoms with Gasteiger partial charge in [-0.15, -0.1) is 0 Å². The third-order valence-electron chi connectivity index (χ3n) is 4.40. The normalized spacial score (nSPS) is 36.7. The van der Waals surface area contributed by atoms with Crippen LogP contribution in [-0.2, 0) is 0 Å². The largest absolute Gasteiger partial charge is 0.0596 e. The molecule has 0 bridgehead atoms. The highest BCUT2D eigenvalue weighted by Crippen LogP contribution is 2.61. The molecular formula is C13H21. The number of hydrogen-bond acceptors (Lipinski definition) is 0. The van der Waals surface area contributed by atoms with Crippen molar-refractivity contribution in [1.82, 2.24) is 0 Å². The van der Waals surface area contributed by atoms with Gasteiger partial charge in [-0.3, -0.25) is 0 Å². The van der Waals surface area contributed by atoms with E-state index < -0.39 is 0 Å². The Bertz CT molecular complexity index is 196. The summed E-state index contributed by atoms with van der Waals surface area (Å²) in [6.45, 7) is 4.88. The fourth-order valence-corrected chi connectivity index (χ4v) is 2.78. The molecule has 3 aliphatic rings. The minimum atomic E-state index is 0.703. The van der Waals surface area contributed by atoms with Crippen LogP contribution in [0.3, 0.4) is 0 Å². The summed E-state index contributed by atoms with van der Waals surface area (Å²) in [4.78, 5) is 0. The van der Waals surface area contributed by atoms with Crippen LogP contribution in [0.2, 0.25) is 0 Å². The van der Waals surface area contributed by atoms with Crippen molar-refractivity contribution in [2.45, 2.75) is 52.4 Å². The summed E-state index contributed by atoms with van der Waals surface area (Å²) >= 11 is 0. The highest BCUT2D eigenvalue weighted by molar-refractivity contribution is 5.15. The van der Waals surface area contributed by atoms with Gasteiger partial charge in [0.15, 0.2) is 0 Å². The molecule has 3 saturated carbocycles. The van der Waals surface area contributed by atoms with Crippen LogP contribution in [0.15, 0.2) is 0 Å². The summed E-state index contributed by atoms with van der Waals surface area (Å²) in [6, 6.07) is 0. The van der Waals surface area contributed by atoms with Gasteiger partial charge in [0.25, 0.3) is 0 Å². The van der Waals surface area contributed by atoms with E-state index in [0.29, 0.717) is 5.41 Å². The van der Waals surface area contributed by atoms with E-state index in [0.717, 1.165) is 17.8 Å². The lowest BCUT2D eigenvalue weighted by Gasteiger charge is -2.15. The fourth-order valence-electron chi connectivity index (χ4n) is 2.78. The Hall–Kier alpha value is 0. The van der Waals surface area contributed by atoms with Crippen LogP contribution in [0.1, 0.15) is 52.4 Å². The van der Waals surface area contributed by atoms with Crippen molar-refractivity contribution in [1.29, 1.82) is 0 Å². The van der Waals surface area contributed by atoms with Gasteiger partial charge in [-0.1, -0.05) is 13.8 Å². The molecule has 0 aromatic carbocycles. The predicted octanol–water partition coefficient (Wildman–Crippen LogP) is 3.82. The van der Waals surface area contributed by atoms with E-state index >= 15 is 0 Å². The molecular weight excluding hydrogens is 156 g/mol. The summed E-state index contributed by atoms with van der Waals surface area (Å²) in [7, 11) is 0. The van der Waals surface area contributed by atoms with E-state index in [1.165, 1.54) is 38.5 Å². The average molecular weight is 177 g/mol. The molecule has 0 heterocycles. The van der Waals surface area contributed by atoms with Gasteiger partial charge in [0.05, 0.1) is 0 Å². The van der Waals surface area contributed by atoms with Gasteiger partial charge in [0.2, 0.25) is 0 Å². The van der Waals surface area contributed by atoms with Crippen molar-refractivity contribution in [2.75, 3.05) is 0 Å². The van der Waals surface area contributed by atoms with Crippen LogP contribution in [0.4, 0.5) is 0 Å².